The Kier molecular flexibility index (Phi) is 5.99. The summed E-state index contributed by atoms with van der Waals surface area (Å²) in [6, 6.07) is 2.90. The molecule has 0 unspecified atom stereocenters. The number of aliphatic hydroxyl groups is 1. The fourth-order valence-electron chi connectivity index (χ4n) is 2.56. The standard InChI is InChI=1S/C14H24N2O5S/c1-11(10-13(17)14-4-3-7-21-14)15-22(18,19)16(2)12-5-8-20-9-6-12/h3-4,7,11-13,15,17H,5-6,8-10H2,1-2H3/t11-,13-/m1/s1. The largest absolute Gasteiger partial charge is 0.467 e. The molecule has 2 atom stereocenters. The third kappa shape index (κ3) is 4.53. The summed E-state index contributed by atoms with van der Waals surface area (Å²) in [5, 5.41) is 10.0. The van der Waals surface area contributed by atoms with Crippen LogP contribution in [0.4, 0.5) is 0 Å². The molecule has 0 aliphatic carbocycles. The molecule has 2 rings (SSSR count). The summed E-state index contributed by atoms with van der Waals surface area (Å²) < 4.78 is 39.1. The van der Waals surface area contributed by atoms with Crippen molar-refractivity contribution in [2.45, 2.75) is 44.4 Å². The monoisotopic (exact) mass is 332 g/mol. The summed E-state index contributed by atoms with van der Waals surface area (Å²) >= 11 is 0. The van der Waals surface area contributed by atoms with Gasteiger partial charge >= 0.3 is 0 Å². The number of rotatable bonds is 7. The number of hydrogen-bond acceptors (Lipinski definition) is 5. The average Bonchev–Trinajstić information content (AvgIpc) is 3.01. The lowest BCUT2D eigenvalue weighted by atomic mass is 10.1. The van der Waals surface area contributed by atoms with Gasteiger partial charge in [0, 0.05) is 32.3 Å². The highest BCUT2D eigenvalue weighted by Gasteiger charge is 2.29. The van der Waals surface area contributed by atoms with Crippen LogP contribution in [-0.4, -0.2) is 50.2 Å². The summed E-state index contributed by atoms with van der Waals surface area (Å²) in [6.07, 6.45) is 2.28. The predicted octanol–water partition coefficient (Wildman–Crippen LogP) is 1.04. The van der Waals surface area contributed by atoms with Gasteiger partial charge in [-0.3, -0.25) is 0 Å². The second kappa shape index (κ2) is 7.56. The van der Waals surface area contributed by atoms with E-state index in [4.69, 9.17) is 9.15 Å². The minimum Gasteiger partial charge on any atom is -0.467 e. The Morgan fingerprint density at radius 3 is 2.73 bits per heavy atom. The molecular weight excluding hydrogens is 308 g/mol. The molecule has 0 bridgehead atoms. The first-order chi connectivity index (χ1) is 10.4. The van der Waals surface area contributed by atoms with Gasteiger partial charge in [0.15, 0.2) is 0 Å². The molecule has 0 aromatic carbocycles. The van der Waals surface area contributed by atoms with Crippen LogP contribution in [0.25, 0.3) is 0 Å². The fraction of sp³-hybridized carbons (Fsp3) is 0.714. The molecular formula is C14H24N2O5S. The first-order valence-corrected chi connectivity index (χ1v) is 8.88. The van der Waals surface area contributed by atoms with E-state index < -0.39 is 22.4 Å². The summed E-state index contributed by atoms with van der Waals surface area (Å²) in [7, 11) is -2.01. The molecule has 1 fully saturated rings. The Balaban J connectivity index is 1.89. The van der Waals surface area contributed by atoms with E-state index in [9.17, 15) is 13.5 Å². The lowest BCUT2D eigenvalue weighted by Crippen LogP contribution is -2.48. The van der Waals surface area contributed by atoms with E-state index in [1.54, 1.807) is 26.1 Å². The molecule has 7 nitrogen and oxygen atoms in total. The molecule has 1 aliphatic heterocycles. The van der Waals surface area contributed by atoms with Gasteiger partial charge in [-0.05, 0) is 38.3 Å². The molecule has 1 aliphatic rings. The summed E-state index contributed by atoms with van der Waals surface area (Å²) in [5.41, 5.74) is 0. The van der Waals surface area contributed by atoms with Crippen LogP contribution < -0.4 is 4.72 Å². The predicted molar refractivity (Wildman–Crippen MR) is 81.4 cm³/mol. The molecule has 22 heavy (non-hydrogen) atoms. The molecule has 1 aromatic heterocycles. The number of hydrogen-bond donors (Lipinski definition) is 2. The minimum absolute atomic E-state index is 0.0477. The Labute approximate surface area is 131 Å². The topological polar surface area (TPSA) is 92.0 Å². The number of ether oxygens (including phenoxy) is 1. The number of furan rings is 1. The van der Waals surface area contributed by atoms with Crippen LogP contribution >= 0.6 is 0 Å². The van der Waals surface area contributed by atoms with E-state index in [0.29, 0.717) is 31.8 Å². The first-order valence-electron chi connectivity index (χ1n) is 7.44. The van der Waals surface area contributed by atoms with E-state index in [1.165, 1.54) is 10.6 Å². The van der Waals surface area contributed by atoms with Crippen LogP contribution in [0.5, 0.6) is 0 Å². The highest BCUT2D eigenvalue weighted by molar-refractivity contribution is 7.87. The highest BCUT2D eigenvalue weighted by Crippen LogP contribution is 2.20. The van der Waals surface area contributed by atoms with Crippen molar-refractivity contribution in [2.24, 2.45) is 0 Å². The van der Waals surface area contributed by atoms with Gasteiger partial charge in [-0.2, -0.15) is 17.4 Å². The Morgan fingerprint density at radius 1 is 1.45 bits per heavy atom. The molecule has 2 N–H and O–H groups in total. The van der Waals surface area contributed by atoms with Crippen molar-refractivity contribution in [3.05, 3.63) is 24.2 Å². The van der Waals surface area contributed by atoms with Gasteiger partial charge in [-0.1, -0.05) is 0 Å². The van der Waals surface area contributed by atoms with Crippen LogP contribution in [0.3, 0.4) is 0 Å². The van der Waals surface area contributed by atoms with E-state index in [-0.39, 0.29) is 12.5 Å². The first kappa shape index (κ1) is 17.4. The van der Waals surface area contributed by atoms with E-state index in [1.807, 2.05) is 0 Å². The maximum absolute atomic E-state index is 12.4. The van der Waals surface area contributed by atoms with Crippen molar-refractivity contribution < 1.29 is 22.7 Å². The molecule has 1 aromatic rings. The molecule has 2 heterocycles. The number of nitrogens with one attached hydrogen (secondary N) is 1. The summed E-state index contributed by atoms with van der Waals surface area (Å²) in [5.74, 6) is 0.434. The van der Waals surface area contributed by atoms with Crippen LogP contribution in [0.15, 0.2) is 22.8 Å². The maximum Gasteiger partial charge on any atom is 0.279 e. The summed E-state index contributed by atoms with van der Waals surface area (Å²) in [4.78, 5) is 0. The normalized spacial score (nSPS) is 20.2. The second-order valence-electron chi connectivity index (χ2n) is 5.65. The SMILES string of the molecule is C[C@H](C[C@@H](O)c1ccco1)NS(=O)(=O)N(C)C1CCOCC1. The number of nitrogens with zero attached hydrogens (tertiary/aromatic N) is 1. The quantitative estimate of drug-likeness (QED) is 0.778. The second-order valence-corrected chi connectivity index (χ2v) is 7.41. The highest BCUT2D eigenvalue weighted by atomic mass is 32.2. The van der Waals surface area contributed by atoms with Gasteiger partial charge in [0.25, 0.3) is 10.2 Å². The molecule has 0 saturated carbocycles. The van der Waals surface area contributed by atoms with Gasteiger partial charge in [-0.15, -0.1) is 0 Å². The van der Waals surface area contributed by atoms with E-state index in [0.717, 1.165) is 0 Å². The van der Waals surface area contributed by atoms with Gasteiger partial charge in [0.2, 0.25) is 0 Å². The van der Waals surface area contributed by atoms with E-state index in [2.05, 4.69) is 4.72 Å². The van der Waals surface area contributed by atoms with Crippen LogP contribution in [0, 0.1) is 0 Å². The zero-order valence-electron chi connectivity index (χ0n) is 12.9. The van der Waals surface area contributed by atoms with Gasteiger partial charge in [0.05, 0.1) is 6.26 Å². The van der Waals surface area contributed by atoms with Crippen molar-refractivity contribution in [2.75, 3.05) is 20.3 Å². The lowest BCUT2D eigenvalue weighted by Gasteiger charge is -2.31. The van der Waals surface area contributed by atoms with Gasteiger partial charge < -0.3 is 14.3 Å². The Bertz CT molecular complexity index is 540. The van der Waals surface area contributed by atoms with E-state index >= 15 is 0 Å². The van der Waals surface area contributed by atoms with Crippen molar-refractivity contribution in [3.63, 3.8) is 0 Å². The van der Waals surface area contributed by atoms with Crippen molar-refractivity contribution in [1.29, 1.82) is 0 Å². The van der Waals surface area contributed by atoms with Gasteiger partial charge in [0.1, 0.15) is 11.9 Å². The molecule has 8 heteroatoms. The molecule has 0 spiro atoms. The van der Waals surface area contributed by atoms with Crippen LogP contribution in [0.1, 0.15) is 38.1 Å². The summed E-state index contributed by atoms with van der Waals surface area (Å²) in [6.45, 7) is 2.89. The van der Waals surface area contributed by atoms with Crippen molar-refractivity contribution >= 4 is 10.2 Å². The maximum atomic E-state index is 12.4. The van der Waals surface area contributed by atoms with Crippen molar-refractivity contribution in [3.8, 4) is 0 Å². The third-order valence-electron chi connectivity index (χ3n) is 3.88. The van der Waals surface area contributed by atoms with Gasteiger partial charge in [-0.25, -0.2) is 0 Å². The molecule has 1 saturated heterocycles. The van der Waals surface area contributed by atoms with Crippen LogP contribution in [0.2, 0.25) is 0 Å². The zero-order valence-corrected chi connectivity index (χ0v) is 13.8. The van der Waals surface area contributed by atoms with Crippen molar-refractivity contribution in [1.82, 2.24) is 9.03 Å². The zero-order chi connectivity index (χ0) is 16.2. The molecule has 0 amide bonds. The Morgan fingerprint density at radius 2 is 2.14 bits per heavy atom. The Hall–Kier alpha value is -0.930. The third-order valence-corrected chi connectivity index (χ3v) is 5.64. The number of aliphatic hydroxyl groups excluding tert-OH is 1. The minimum atomic E-state index is -3.59. The molecule has 126 valence electrons. The molecule has 0 radical (unpaired) electrons. The van der Waals surface area contributed by atoms with Crippen LogP contribution in [-0.2, 0) is 14.9 Å². The lowest BCUT2D eigenvalue weighted by molar-refractivity contribution is 0.0627. The average molecular weight is 332 g/mol. The fourth-order valence-corrected chi connectivity index (χ4v) is 3.94. The smallest absolute Gasteiger partial charge is 0.279 e.